The number of ether oxygens (including phenoxy) is 1. The van der Waals surface area contributed by atoms with Gasteiger partial charge in [-0.3, -0.25) is 9.59 Å². The first kappa shape index (κ1) is 15.7. The van der Waals surface area contributed by atoms with Crippen LogP contribution in [0.1, 0.15) is 27.4 Å². The van der Waals surface area contributed by atoms with Crippen molar-refractivity contribution in [2.75, 3.05) is 0 Å². The van der Waals surface area contributed by atoms with Crippen LogP contribution in [-0.4, -0.2) is 12.3 Å². The van der Waals surface area contributed by atoms with Gasteiger partial charge in [0, 0.05) is 5.56 Å². The minimum atomic E-state index is -0.521. The van der Waals surface area contributed by atoms with E-state index in [1.165, 1.54) is 0 Å². The van der Waals surface area contributed by atoms with Crippen LogP contribution in [0.3, 0.4) is 0 Å². The lowest BCUT2D eigenvalue weighted by Crippen LogP contribution is -2.20. The van der Waals surface area contributed by atoms with Gasteiger partial charge in [0.25, 0.3) is 0 Å². The van der Waals surface area contributed by atoms with Gasteiger partial charge in [-0.2, -0.15) is 0 Å². The summed E-state index contributed by atoms with van der Waals surface area (Å²) in [4.78, 5) is 23.7. The van der Waals surface area contributed by atoms with Crippen molar-refractivity contribution in [2.45, 2.75) is 5.92 Å². The Bertz CT molecular complexity index is 786. The van der Waals surface area contributed by atoms with Crippen LogP contribution in [0.25, 0.3) is 0 Å². The van der Waals surface area contributed by atoms with Crippen molar-refractivity contribution < 1.29 is 14.3 Å². The van der Waals surface area contributed by atoms with E-state index in [2.05, 4.69) is 0 Å². The molecular formula is C21H16O3. The Balaban J connectivity index is 1.93. The molecule has 0 aliphatic heterocycles. The fraction of sp³-hybridized carbons (Fsp3) is 0.0476. The van der Waals surface area contributed by atoms with Crippen molar-refractivity contribution in [3.8, 4) is 5.75 Å². The van der Waals surface area contributed by atoms with Gasteiger partial charge in [0.1, 0.15) is 18.0 Å². The van der Waals surface area contributed by atoms with Gasteiger partial charge >= 0.3 is 5.97 Å². The van der Waals surface area contributed by atoms with Crippen molar-refractivity contribution in [3.05, 3.63) is 102 Å². The molecule has 0 aromatic heterocycles. The van der Waals surface area contributed by atoms with E-state index < -0.39 is 5.92 Å². The molecule has 0 heterocycles. The van der Waals surface area contributed by atoms with Crippen LogP contribution in [-0.2, 0) is 4.79 Å². The SMILES string of the molecule is O=Cc1cccc(OC(=O)C(c2ccccc2)c2ccccc2)c1. The fourth-order valence-corrected chi connectivity index (χ4v) is 2.58. The second kappa shape index (κ2) is 7.38. The highest BCUT2D eigenvalue weighted by atomic mass is 16.5. The van der Waals surface area contributed by atoms with Crippen LogP contribution in [0.4, 0.5) is 0 Å². The predicted octanol–water partition coefficient (Wildman–Crippen LogP) is 4.24. The molecule has 3 heteroatoms. The van der Waals surface area contributed by atoms with Crippen molar-refractivity contribution in [3.63, 3.8) is 0 Å². The highest BCUT2D eigenvalue weighted by Gasteiger charge is 2.24. The number of aldehydes is 1. The molecule has 0 aliphatic carbocycles. The zero-order valence-corrected chi connectivity index (χ0v) is 13.0. The third-order valence-electron chi connectivity index (χ3n) is 3.71. The molecule has 0 atom stereocenters. The first-order valence-electron chi connectivity index (χ1n) is 7.65. The molecule has 0 bridgehead atoms. The Morgan fingerprint density at radius 2 is 1.38 bits per heavy atom. The Kier molecular flexibility index (Phi) is 4.82. The molecule has 0 aliphatic rings. The third-order valence-corrected chi connectivity index (χ3v) is 3.71. The molecule has 0 radical (unpaired) electrons. The average molecular weight is 316 g/mol. The summed E-state index contributed by atoms with van der Waals surface area (Å²) in [6.07, 6.45) is 0.725. The maximum atomic E-state index is 12.8. The van der Waals surface area contributed by atoms with Crippen LogP contribution < -0.4 is 4.74 Å². The molecule has 3 rings (SSSR count). The molecule has 0 spiro atoms. The highest BCUT2D eigenvalue weighted by molar-refractivity contribution is 5.84. The van der Waals surface area contributed by atoms with Crippen molar-refractivity contribution in [1.82, 2.24) is 0 Å². The Hall–Kier alpha value is -3.20. The number of hydrogen-bond acceptors (Lipinski definition) is 3. The van der Waals surface area contributed by atoms with Crippen molar-refractivity contribution in [1.29, 1.82) is 0 Å². The minimum absolute atomic E-state index is 0.362. The zero-order chi connectivity index (χ0) is 16.8. The first-order chi connectivity index (χ1) is 11.8. The minimum Gasteiger partial charge on any atom is -0.426 e. The van der Waals surface area contributed by atoms with Gasteiger partial charge in [-0.15, -0.1) is 0 Å². The first-order valence-corrected chi connectivity index (χ1v) is 7.65. The van der Waals surface area contributed by atoms with Crippen molar-refractivity contribution in [2.24, 2.45) is 0 Å². The Labute approximate surface area is 140 Å². The standard InChI is InChI=1S/C21H16O3/c22-15-16-8-7-13-19(14-16)24-21(23)20(17-9-3-1-4-10-17)18-11-5-2-6-12-18/h1-15,20H. The van der Waals surface area contributed by atoms with Crippen LogP contribution in [0, 0.1) is 0 Å². The Morgan fingerprint density at radius 3 is 1.92 bits per heavy atom. The predicted molar refractivity (Wildman–Crippen MR) is 92.2 cm³/mol. The molecule has 0 saturated carbocycles. The number of benzene rings is 3. The van der Waals surface area contributed by atoms with E-state index in [1.807, 2.05) is 60.7 Å². The molecular weight excluding hydrogens is 300 g/mol. The van der Waals surface area contributed by atoms with Gasteiger partial charge in [0.05, 0.1) is 0 Å². The summed E-state index contributed by atoms with van der Waals surface area (Å²) in [5.74, 6) is -0.538. The molecule has 0 fully saturated rings. The number of carbonyl (C=O) groups excluding carboxylic acids is 2. The average Bonchev–Trinajstić information content (AvgIpc) is 2.64. The van der Waals surface area contributed by atoms with Gasteiger partial charge in [-0.25, -0.2) is 0 Å². The van der Waals surface area contributed by atoms with E-state index in [-0.39, 0.29) is 5.97 Å². The summed E-state index contributed by atoms with van der Waals surface area (Å²) in [7, 11) is 0. The Morgan fingerprint density at radius 1 is 0.792 bits per heavy atom. The quantitative estimate of drug-likeness (QED) is 0.402. The van der Waals surface area contributed by atoms with Gasteiger partial charge < -0.3 is 4.74 Å². The van der Waals surface area contributed by atoms with E-state index >= 15 is 0 Å². The van der Waals surface area contributed by atoms with Gasteiger partial charge in [-0.1, -0.05) is 72.8 Å². The summed E-state index contributed by atoms with van der Waals surface area (Å²) in [6.45, 7) is 0. The highest BCUT2D eigenvalue weighted by Crippen LogP contribution is 2.27. The molecule has 118 valence electrons. The zero-order valence-electron chi connectivity index (χ0n) is 13.0. The normalized spacial score (nSPS) is 10.4. The lowest BCUT2D eigenvalue weighted by molar-refractivity contribution is -0.135. The van der Waals surface area contributed by atoms with Gasteiger partial charge in [-0.05, 0) is 23.3 Å². The molecule has 3 nitrogen and oxygen atoms in total. The number of esters is 1. The summed E-state index contributed by atoms with van der Waals surface area (Å²) in [5, 5.41) is 0. The molecule has 3 aromatic carbocycles. The van der Waals surface area contributed by atoms with E-state index in [1.54, 1.807) is 24.3 Å². The fourth-order valence-electron chi connectivity index (χ4n) is 2.58. The van der Waals surface area contributed by atoms with E-state index in [0.29, 0.717) is 11.3 Å². The summed E-state index contributed by atoms with van der Waals surface area (Å²) < 4.78 is 5.53. The second-order valence-electron chi connectivity index (χ2n) is 5.37. The molecule has 0 amide bonds. The van der Waals surface area contributed by atoms with E-state index in [9.17, 15) is 9.59 Å². The number of rotatable bonds is 5. The molecule has 24 heavy (non-hydrogen) atoms. The van der Waals surface area contributed by atoms with Crippen LogP contribution in [0.2, 0.25) is 0 Å². The smallest absolute Gasteiger partial charge is 0.323 e. The maximum absolute atomic E-state index is 12.8. The second-order valence-corrected chi connectivity index (χ2v) is 5.37. The topological polar surface area (TPSA) is 43.4 Å². The van der Waals surface area contributed by atoms with Crippen LogP contribution >= 0.6 is 0 Å². The molecule has 3 aromatic rings. The number of carbonyl (C=O) groups is 2. The summed E-state index contributed by atoms with van der Waals surface area (Å²) in [5.41, 5.74) is 2.19. The maximum Gasteiger partial charge on any atom is 0.323 e. The van der Waals surface area contributed by atoms with Gasteiger partial charge in [0.2, 0.25) is 0 Å². The van der Waals surface area contributed by atoms with Crippen LogP contribution in [0.5, 0.6) is 5.75 Å². The third kappa shape index (κ3) is 3.58. The summed E-state index contributed by atoms with van der Waals surface area (Å²) >= 11 is 0. The van der Waals surface area contributed by atoms with Gasteiger partial charge in [0.15, 0.2) is 0 Å². The van der Waals surface area contributed by atoms with E-state index in [0.717, 1.165) is 17.4 Å². The van der Waals surface area contributed by atoms with E-state index in [4.69, 9.17) is 4.74 Å². The lowest BCUT2D eigenvalue weighted by atomic mass is 9.91. The molecule has 0 unspecified atom stereocenters. The summed E-state index contributed by atoms with van der Waals surface area (Å²) in [6, 6.07) is 25.6. The van der Waals surface area contributed by atoms with Crippen molar-refractivity contribution >= 4 is 12.3 Å². The molecule has 0 saturated heterocycles. The lowest BCUT2D eigenvalue weighted by Gasteiger charge is -2.17. The van der Waals surface area contributed by atoms with Crippen LogP contribution in [0.15, 0.2) is 84.9 Å². The number of hydrogen-bond donors (Lipinski definition) is 0. The largest absolute Gasteiger partial charge is 0.426 e. The monoisotopic (exact) mass is 316 g/mol. The molecule has 0 N–H and O–H groups in total.